The van der Waals surface area contributed by atoms with Gasteiger partial charge < -0.3 is 0 Å². The highest BCUT2D eigenvalue weighted by Gasteiger charge is 2.40. The molecule has 2 fully saturated rings. The largest absolute Gasteiger partial charge is 0.0651 e. The number of rotatable bonds is 1. The summed E-state index contributed by atoms with van der Waals surface area (Å²) < 4.78 is 0. The van der Waals surface area contributed by atoms with Gasteiger partial charge in [-0.3, -0.25) is 0 Å². The molecule has 0 spiro atoms. The Hall–Kier alpha value is 0. The molecule has 3 unspecified atom stereocenters. The summed E-state index contributed by atoms with van der Waals surface area (Å²) in [5.74, 6) is 4.36. The van der Waals surface area contributed by atoms with Crippen LogP contribution in [0.2, 0.25) is 0 Å². The van der Waals surface area contributed by atoms with Crippen LogP contribution in [0.1, 0.15) is 52.4 Å². The summed E-state index contributed by atoms with van der Waals surface area (Å²) in [6.45, 7) is 4.87. The van der Waals surface area contributed by atoms with Crippen molar-refractivity contribution in [3.05, 3.63) is 0 Å². The summed E-state index contributed by atoms with van der Waals surface area (Å²) in [5, 5.41) is 0. The summed E-state index contributed by atoms with van der Waals surface area (Å²) >= 11 is 0. The molecular formula is C12H22. The highest BCUT2D eigenvalue weighted by atomic mass is 14.5. The maximum absolute atomic E-state index is 2.48. The van der Waals surface area contributed by atoms with Crippen molar-refractivity contribution in [2.45, 2.75) is 52.4 Å². The Labute approximate surface area is 76.7 Å². The molecule has 0 aromatic carbocycles. The van der Waals surface area contributed by atoms with Crippen LogP contribution in [0.25, 0.3) is 0 Å². The van der Waals surface area contributed by atoms with E-state index in [4.69, 9.17) is 0 Å². The van der Waals surface area contributed by atoms with E-state index in [0.29, 0.717) is 0 Å². The minimum absolute atomic E-state index is 1.03. The van der Waals surface area contributed by atoms with Gasteiger partial charge in [0, 0.05) is 0 Å². The van der Waals surface area contributed by atoms with Crippen LogP contribution >= 0.6 is 0 Å². The van der Waals surface area contributed by atoms with Crippen molar-refractivity contribution in [2.75, 3.05) is 0 Å². The SMILES string of the molecule is CCC1C2CCCCC2C[C@H]1C. The van der Waals surface area contributed by atoms with E-state index in [-0.39, 0.29) is 0 Å². The molecule has 2 saturated carbocycles. The fourth-order valence-corrected chi connectivity index (χ4v) is 3.87. The fourth-order valence-electron chi connectivity index (χ4n) is 3.87. The molecule has 2 aliphatic carbocycles. The minimum atomic E-state index is 1.03. The van der Waals surface area contributed by atoms with E-state index in [1.54, 1.807) is 19.3 Å². The molecule has 0 heterocycles. The van der Waals surface area contributed by atoms with Gasteiger partial charge in [0.15, 0.2) is 0 Å². The Morgan fingerprint density at radius 3 is 2.67 bits per heavy atom. The molecule has 0 aromatic heterocycles. The second kappa shape index (κ2) is 3.40. The first kappa shape index (κ1) is 8.59. The molecule has 0 aromatic rings. The maximum atomic E-state index is 2.48. The molecule has 0 amide bonds. The van der Waals surface area contributed by atoms with Crippen molar-refractivity contribution in [1.82, 2.24) is 0 Å². The lowest BCUT2D eigenvalue weighted by Gasteiger charge is -2.29. The van der Waals surface area contributed by atoms with Crippen molar-refractivity contribution in [3.63, 3.8) is 0 Å². The van der Waals surface area contributed by atoms with Crippen molar-refractivity contribution in [3.8, 4) is 0 Å². The van der Waals surface area contributed by atoms with Gasteiger partial charge in [0.25, 0.3) is 0 Å². The van der Waals surface area contributed by atoms with Crippen LogP contribution in [0.3, 0.4) is 0 Å². The lowest BCUT2D eigenvalue weighted by Crippen LogP contribution is -2.19. The van der Waals surface area contributed by atoms with Gasteiger partial charge in [-0.15, -0.1) is 0 Å². The molecule has 0 bridgehead atoms. The van der Waals surface area contributed by atoms with Gasteiger partial charge in [-0.2, -0.15) is 0 Å². The third-order valence-corrected chi connectivity index (χ3v) is 4.39. The topological polar surface area (TPSA) is 0 Å². The quantitative estimate of drug-likeness (QED) is 0.555. The van der Waals surface area contributed by atoms with E-state index in [2.05, 4.69) is 13.8 Å². The smallest absolute Gasteiger partial charge is 0.0355 e. The third-order valence-electron chi connectivity index (χ3n) is 4.39. The van der Waals surface area contributed by atoms with Gasteiger partial charge >= 0.3 is 0 Å². The Kier molecular flexibility index (Phi) is 2.43. The van der Waals surface area contributed by atoms with Crippen LogP contribution < -0.4 is 0 Å². The molecule has 0 saturated heterocycles. The standard InChI is InChI=1S/C12H22/c1-3-11-9(2)8-10-6-4-5-7-12(10)11/h9-12H,3-8H2,1-2H3/t9-,10?,11?,12?/m1/s1. The first-order chi connectivity index (χ1) is 5.83. The molecule has 0 N–H and O–H groups in total. The van der Waals surface area contributed by atoms with E-state index in [9.17, 15) is 0 Å². The van der Waals surface area contributed by atoms with E-state index >= 15 is 0 Å². The predicted octanol–water partition coefficient (Wildman–Crippen LogP) is 3.86. The van der Waals surface area contributed by atoms with Gasteiger partial charge in [0.1, 0.15) is 0 Å². The second-order valence-electron chi connectivity index (χ2n) is 4.99. The highest BCUT2D eigenvalue weighted by molar-refractivity contribution is 4.90. The predicted molar refractivity (Wildman–Crippen MR) is 53.0 cm³/mol. The summed E-state index contributed by atoms with van der Waals surface area (Å²) in [4.78, 5) is 0. The molecule has 2 aliphatic rings. The lowest BCUT2D eigenvalue weighted by molar-refractivity contribution is 0.216. The van der Waals surface area contributed by atoms with Crippen LogP contribution in [-0.4, -0.2) is 0 Å². The van der Waals surface area contributed by atoms with Crippen molar-refractivity contribution >= 4 is 0 Å². The molecule has 0 nitrogen and oxygen atoms in total. The van der Waals surface area contributed by atoms with Crippen LogP contribution in [0.4, 0.5) is 0 Å². The average Bonchev–Trinajstić information content (AvgIpc) is 2.40. The van der Waals surface area contributed by atoms with Crippen LogP contribution in [0.15, 0.2) is 0 Å². The summed E-state index contributed by atoms with van der Waals surface area (Å²) in [5.41, 5.74) is 0. The Morgan fingerprint density at radius 2 is 1.92 bits per heavy atom. The molecule has 70 valence electrons. The zero-order valence-corrected chi connectivity index (χ0v) is 8.55. The Bertz CT molecular complexity index is 150. The molecule has 2 rings (SSSR count). The molecule has 12 heavy (non-hydrogen) atoms. The van der Waals surface area contributed by atoms with Gasteiger partial charge in [-0.25, -0.2) is 0 Å². The lowest BCUT2D eigenvalue weighted by atomic mass is 9.77. The molecule has 0 radical (unpaired) electrons. The highest BCUT2D eigenvalue weighted by Crippen LogP contribution is 2.49. The van der Waals surface area contributed by atoms with Gasteiger partial charge in [0.2, 0.25) is 0 Å². The normalized spacial score (nSPS) is 47.5. The summed E-state index contributed by atoms with van der Waals surface area (Å²) in [6.07, 6.45) is 9.11. The van der Waals surface area contributed by atoms with Crippen molar-refractivity contribution in [1.29, 1.82) is 0 Å². The van der Waals surface area contributed by atoms with Gasteiger partial charge in [-0.05, 0) is 36.5 Å². The minimum Gasteiger partial charge on any atom is -0.0651 e. The molecular weight excluding hydrogens is 144 g/mol. The van der Waals surface area contributed by atoms with Gasteiger partial charge in [0.05, 0.1) is 0 Å². The number of fused-ring (bicyclic) bond motifs is 1. The second-order valence-corrected chi connectivity index (χ2v) is 4.99. The van der Waals surface area contributed by atoms with E-state index in [1.807, 2.05) is 0 Å². The van der Waals surface area contributed by atoms with E-state index < -0.39 is 0 Å². The zero-order valence-electron chi connectivity index (χ0n) is 8.55. The van der Waals surface area contributed by atoms with Crippen molar-refractivity contribution in [2.24, 2.45) is 23.7 Å². The summed E-state index contributed by atoms with van der Waals surface area (Å²) in [6, 6.07) is 0. The third kappa shape index (κ3) is 1.30. The monoisotopic (exact) mass is 166 g/mol. The van der Waals surface area contributed by atoms with E-state index in [1.165, 1.54) is 19.3 Å². The average molecular weight is 166 g/mol. The molecule has 0 heteroatoms. The number of hydrogen-bond donors (Lipinski definition) is 0. The maximum Gasteiger partial charge on any atom is -0.0355 e. The fraction of sp³-hybridized carbons (Fsp3) is 1.00. The Balaban J connectivity index is 2.05. The number of hydrogen-bond acceptors (Lipinski definition) is 0. The Morgan fingerprint density at radius 1 is 1.17 bits per heavy atom. The van der Waals surface area contributed by atoms with Crippen LogP contribution in [-0.2, 0) is 0 Å². The van der Waals surface area contributed by atoms with E-state index in [0.717, 1.165) is 23.7 Å². The molecule has 0 aliphatic heterocycles. The van der Waals surface area contributed by atoms with Crippen LogP contribution in [0, 0.1) is 23.7 Å². The molecule has 4 atom stereocenters. The first-order valence-corrected chi connectivity index (χ1v) is 5.83. The summed E-state index contributed by atoms with van der Waals surface area (Å²) in [7, 11) is 0. The first-order valence-electron chi connectivity index (χ1n) is 5.83. The van der Waals surface area contributed by atoms with Crippen molar-refractivity contribution < 1.29 is 0 Å². The van der Waals surface area contributed by atoms with Crippen LogP contribution in [0.5, 0.6) is 0 Å². The van der Waals surface area contributed by atoms with Gasteiger partial charge in [-0.1, -0.05) is 39.5 Å². The zero-order chi connectivity index (χ0) is 8.55.